The van der Waals surface area contributed by atoms with E-state index in [9.17, 15) is 0 Å². The monoisotopic (exact) mass is 253 g/mol. The molecule has 94 valence electrons. The zero-order valence-electron chi connectivity index (χ0n) is 10.6. The number of hydrogen-bond donors (Lipinski definition) is 0. The predicted octanol–water partition coefficient (Wildman–Crippen LogP) is 3.35. The van der Waals surface area contributed by atoms with Gasteiger partial charge < -0.3 is 9.64 Å². The third-order valence-electron chi connectivity index (χ3n) is 3.17. The summed E-state index contributed by atoms with van der Waals surface area (Å²) < 4.78 is 5.68. The van der Waals surface area contributed by atoms with Crippen molar-refractivity contribution in [3.8, 4) is 0 Å². The van der Waals surface area contributed by atoms with E-state index in [1.807, 2.05) is 0 Å². The fourth-order valence-corrected chi connectivity index (χ4v) is 2.56. The molecule has 3 heteroatoms. The van der Waals surface area contributed by atoms with Crippen molar-refractivity contribution < 1.29 is 4.74 Å². The molecule has 0 radical (unpaired) electrons. The average Bonchev–Trinajstić information content (AvgIpc) is 2.53. The molecule has 1 heterocycles. The molecule has 0 aromatic heterocycles. The Morgan fingerprint density at radius 3 is 3.06 bits per heavy atom. The van der Waals surface area contributed by atoms with Crippen LogP contribution in [0.25, 0.3) is 0 Å². The van der Waals surface area contributed by atoms with Gasteiger partial charge in [0.05, 0.1) is 6.10 Å². The van der Waals surface area contributed by atoms with Gasteiger partial charge in [0.1, 0.15) is 0 Å². The molecule has 0 amide bonds. The van der Waals surface area contributed by atoms with Gasteiger partial charge in [-0.3, -0.25) is 0 Å². The molecule has 0 bridgehead atoms. The van der Waals surface area contributed by atoms with E-state index < -0.39 is 0 Å². The highest BCUT2D eigenvalue weighted by molar-refractivity contribution is 6.17. The van der Waals surface area contributed by atoms with Gasteiger partial charge in [0.15, 0.2) is 0 Å². The van der Waals surface area contributed by atoms with E-state index in [4.69, 9.17) is 16.3 Å². The maximum Gasteiger partial charge on any atom is 0.0721 e. The summed E-state index contributed by atoms with van der Waals surface area (Å²) in [6, 6.07) is 6.52. The maximum absolute atomic E-state index is 6.04. The van der Waals surface area contributed by atoms with Crippen molar-refractivity contribution in [1.82, 2.24) is 0 Å². The van der Waals surface area contributed by atoms with Crippen LogP contribution in [0.3, 0.4) is 0 Å². The van der Waals surface area contributed by atoms with Gasteiger partial charge in [0.2, 0.25) is 0 Å². The maximum atomic E-state index is 6.04. The van der Waals surface area contributed by atoms with Crippen molar-refractivity contribution in [3.05, 3.63) is 29.3 Å². The Balaban J connectivity index is 2.25. The minimum atomic E-state index is 0.293. The Morgan fingerprint density at radius 1 is 1.47 bits per heavy atom. The molecule has 17 heavy (non-hydrogen) atoms. The van der Waals surface area contributed by atoms with Crippen LogP contribution in [0.15, 0.2) is 18.2 Å². The number of nitrogens with zero attached hydrogens (tertiary/aromatic N) is 1. The molecule has 0 saturated carbocycles. The number of benzene rings is 1. The standard InChI is InChI=1S/C14H20ClNO/c1-11-4-5-14(13(8-11)9-15)16-6-3-7-17-12(2)10-16/h4-5,8,12H,3,6-7,9-10H2,1-2H3. The SMILES string of the molecule is Cc1ccc(N2CCCOC(C)C2)c(CCl)c1. The normalized spacial score (nSPS) is 21.4. The van der Waals surface area contributed by atoms with E-state index in [2.05, 4.69) is 36.9 Å². The summed E-state index contributed by atoms with van der Waals surface area (Å²) in [5.74, 6) is 0.572. The fraction of sp³-hybridized carbons (Fsp3) is 0.571. The van der Waals surface area contributed by atoms with Crippen LogP contribution in [0.5, 0.6) is 0 Å². The van der Waals surface area contributed by atoms with Gasteiger partial charge in [-0.05, 0) is 31.9 Å². The Hall–Kier alpha value is -0.730. The molecule has 0 aliphatic carbocycles. The summed E-state index contributed by atoms with van der Waals surface area (Å²) in [7, 11) is 0. The molecule has 1 aromatic carbocycles. The first kappa shape index (κ1) is 12.7. The molecule has 2 rings (SSSR count). The first-order valence-electron chi connectivity index (χ1n) is 6.22. The van der Waals surface area contributed by atoms with Crippen LogP contribution < -0.4 is 4.90 Å². The van der Waals surface area contributed by atoms with E-state index in [0.29, 0.717) is 12.0 Å². The molecule has 1 aromatic rings. The fourth-order valence-electron chi connectivity index (χ4n) is 2.34. The summed E-state index contributed by atoms with van der Waals surface area (Å²) in [4.78, 5) is 2.40. The molecular weight excluding hydrogens is 234 g/mol. The lowest BCUT2D eigenvalue weighted by Gasteiger charge is -2.26. The van der Waals surface area contributed by atoms with E-state index in [-0.39, 0.29) is 0 Å². The Bertz CT molecular complexity index is 380. The zero-order chi connectivity index (χ0) is 12.3. The highest BCUT2D eigenvalue weighted by atomic mass is 35.5. The summed E-state index contributed by atoms with van der Waals surface area (Å²) >= 11 is 6.04. The third kappa shape index (κ3) is 3.14. The highest BCUT2D eigenvalue weighted by Crippen LogP contribution is 2.25. The number of ether oxygens (including phenoxy) is 1. The summed E-state index contributed by atoms with van der Waals surface area (Å²) in [6.07, 6.45) is 1.38. The largest absolute Gasteiger partial charge is 0.377 e. The van der Waals surface area contributed by atoms with Crippen LogP contribution in [-0.2, 0) is 10.6 Å². The molecule has 1 aliphatic heterocycles. The van der Waals surface area contributed by atoms with Crippen molar-refractivity contribution in [2.75, 3.05) is 24.6 Å². The number of halogens is 1. The van der Waals surface area contributed by atoms with Gasteiger partial charge in [-0.2, -0.15) is 0 Å². The van der Waals surface area contributed by atoms with E-state index in [1.54, 1.807) is 0 Å². The number of hydrogen-bond acceptors (Lipinski definition) is 2. The summed E-state index contributed by atoms with van der Waals surface area (Å²) in [5, 5.41) is 0. The minimum absolute atomic E-state index is 0.293. The molecular formula is C14H20ClNO. The summed E-state index contributed by atoms with van der Waals surface area (Å²) in [6.45, 7) is 7.10. The van der Waals surface area contributed by atoms with Crippen molar-refractivity contribution in [2.24, 2.45) is 0 Å². The molecule has 1 saturated heterocycles. The van der Waals surface area contributed by atoms with Gasteiger partial charge in [-0.15, -0.1) is 11.6 Å². The average molecular weight is 254 g/mol. The first-order valence-corrected chi connectivity index (χ1v) is 6.76. The van der Waals surface area contributed by atoms with Gasteiger partial charge in [0.25, 0.3) is 0 Å². The second kappa shape index (κ2) is 5.74. The van der Waals surface area contributed by atoms with Crippen LogP contribution in [0.2, 0.25) is 0 Å². The Morgan fingerprint density at radius 2 is 2.29 bits per heavy atom. The van der Waals surface area contributed by atoms with E-state index >= 15 is 0 Å². The molecule has 0 N–H and O–H groups in total. The van der Waals surface area contributed by atoms with Crippen LogP contribution in [0, 0.1) is 6.92 Å². The smallest absolute Gasteiger partial charge is 0.0721 e. The highest BCUT2D eigenvalue weighted by Gasteiger charge is 2.17. The van der Waals surface area contributed by atoms with Gasteiger partial charge in [0, 0.05) is 31.3 Å². The number of aryl methyl sites for hydroxylation is 1. The van der Waals surface area contributed by atoms with Crippen LogP contribution in [0.1, 0.15) is 24.5 Å². The summed E-state index contributed by atoms with van der Waals surface area (Å²) in [5.41, 5.74) is 3.76. The van der Waals surface area contributed by atoms with Gasteiger partial charge in [-0.1, -0.05) is 17.7 Å². The van der Waals surface area contributed by atoms with Crippen molar-refractivity contribution in [2.45, 2.75) is 32.3 Å². The molecule has 2 nitrogen and oxygen atoms in total. The first-order chi connectivity index (χ1) is 8.20. The number of rotatable bonds is 2. The van der Waals surface area contributed by atoms with Crippen molar-refractivity contribution in [3.63, 3.8) is 0 Å². The lowest BCUT2D eigenvalue weighted by Crippen LogP contribution is -2.30. The molecule has 1 aliphatic rings. The van der Waals surface area contributed by atoms with Crippen LogP contribution in [-0.4, -0.2) is 25.8 Å². The van der Waals surface area contributed by atoms with Crippen LogP contribution >= 0.6 is 11.6 Å². The third-order valence-corrected chi connectivity index (χ3v) is 3.46. The van der Waals surface area contributed by atoms with Crippen molar-refractivity contribution in [1.29, 1.82) is 0 Å². The quantitative estimate of drug-likeness (QED) is 0.750. The van der Waals surface area contributed by atoms with Gasteiger partial charge >= 0.3 is 0 Å². The Labute approximate surface area is 109 Å². The predicted molar refractivity (Wildman–Crippen MR) is 73.0 cm³/mol. The topological polar surface area (TPSA) is 12.5 Å². The van der Waals surface area contributed by atoms with Crippen LogP contribution in [0.4, 0.5) is 5.69 Å². The van der Waals surface area contributed by atoms with Crippen molar-refractivity contribution >= 4 is 17.3 Å². The van der Waals surface area contributed by atoms with E-state index in [1.165, 1.54) is 16.8 Å². The number of anilines is 1. The Kier molecular flexibility index (Phi) is 4.30. The van der Waals surface area contributed by atoms with E-state index in [0.717, 1.165) is 26.1 Å². The minimum Gasteiger partial charge on any atom is -0.377 e. The van der Waals surface area contributed by atoms with Gasteiger partial charge in [-0.25, -0.2) is 0 Å². The molecule has 1 fully saturated rings. The molecule has 1 unspecified atom stereocenters. The molecule has 1 atom stereocenters. The second-order valence-corrected chi connectivity index (χ2v) is 5.01. The molecule has 0 spiro atoms. The lowest BCUT2D eigenvalue weighted by molar-refractivity contribution is 0.0821. The zero-order valence-corrected chi connectivity index (χ0v) is 11.3. The lowest BCUT2D eigenvalue weighted by atomic mass is 10.1. The second-order valence-electron chi connectivity index (χ2n) is 4.75. The number of alkyl halides is 1.